The number of halogens is 1. The first-order valence-corrected chi connectivity index (χ1v) is 11.4. The van der Waals surface area contributed by atoms with Crippen molar-refractivity contribution < 1.29 is 23.9 Å². The number of ether oxygens (including phenoxy) is 1. The van der Waals surface area contributed by atoms with Gasteiger partial charge in [-0.2, -0.15) is 0 Å². The van der Waals surface area contributed by atoms with E-state index in [0.717, 1.165) is 10.5 Å². The predicted octanol–water partition coefficient (Wildman–Crippen LogP) is 3.88. The molecule has 3 amide bonds. The zero-order chi connectivity index (χ0) is 25.7. The average Bonchev–Trinajstić information content (AvgIpc) is 3.12. The molecule has 3 aromatic carbocycles. The van der Waals surface area contributed by atoms with Crippen molar-refractivity contribution in [2.45, 2.75) is 6.42 Å². The van der Waals surface area contributed by atoms with Gasteiger partial charge < -0.3 is 15.4 Å². The van der Waals surface area contributed by atoms with Crippen LogP contribution in [0.3, 0.4) is 0 Å². The first kappa shape index (κ1) is 24.7. The highest BCUT2D eigenvalue weighted by molar-refractivity contribution is 6.53. The van der Waals surface area contributed by atoms with Gasteiger partial charge >= 0.3 is 5.97 Å². The van der Waals surface area contributed by atoms with E-state index < -0.39 is 17.8 Å². The van der Waals surface area contributed by atoms with Gasteiger partial charge in [-0.1, -0.05) is 48.0 Å². The van der Waals surface area contributed by atoms with Crippen LogP contribution >= 0.6 is 11.6 Å². The van der Waals surface area contributed by atoms with E-state index in [2.05, 4.69) is 10.6 Å². The molecule has 4 rings (SSSR count). The van der Waals surface area contributed by atoms with Gasteiger partial charge in [0.05, 0.1) is 18.4 Å². The highest BCUT2D eigenvalue weighted by Crippen LogP contribution is 2.30. The molecule has 1 heterocycles. The summed E-state index contributed by atoms with van der Waals surface area (Å²) in [5.41, 5.74) is 2.31. The number of methoxy groups -OCH3 is 1. The molecule has 8 nitrogen and oxygen atoms in total. The van der Waals surface area contributed by atoms with Crippen LogP contribution in [0.5, 0.6) is 0 Å². The lowest BCUT2D eigenvalue weighted by atomic mass is 10.1. The van der Waals surface area contributed by atoms with E-state index in [1.165, 1.54) is 31.4 Å². The van der Waals surface area contributed by atoms with Crippen molar-refractivity contribution in [2.24, 2.45) is 0 Å². The van der Waals surface area contributed by atoms with Crippen LogP contribution in [0.25, 0.3) is 0 Å². The van der Waals surface area contributed by atoms with Crippen molar-refractivity contribution >= 4 is 46.7 Å². The third-order valence-electron chi connectivity index (χ3n) is 5.51. The molecule has 3 aromatic rings. The fraction of sp³-hybridized carbons (Fsp3) is 0.111. The molecule has 0 atom stereocenters. The molecule has 9 heteroatoms. The number of anilines is 2. The standard InChI is InChI=1S/C27H22ClN3O5/c1-36-27(35)19-8-5-9-21(16-19)31-25(33)22(28)23(26(31)34)30-20-12-10-18(11-13-20)24(32)29-15-14-17-6-3-2-4-7-17/h2-13,16,30H,14-15H2,1H3,(H,29,32). The topological polar surface area (TPSA) is 105 Å². The Morgan fingerprint density at radius 3 is 2.31 bits per heavy atom. The number of carbonyl (C=O) groups is 4. The zero-order valence-corrected chi connectivity index (χ0v) is 20.0. The second-order valence-electron chi connectivity index (χ2n) is 7.87. The van der Waals surface area contributed by atoms with Gasteiger partial charge in [-0.15, -0.1) is 0 Å². The van der Waals surface area contributed by atoms with E-state index in [-0.39, 0.29) is 27.9 Å². The number of hydrogen-bond acceptors (Lipinski definition) is 6. The lowest BCUT2D eigenvalue weighted by Crippen LogP contribution is -2.32. The highest BCUT2D eigenvalue weighted by atomic mass is 35.5. The van der Waals surface area contributed by atoms with Crippen LogP contribution in [0.2, 0.25) is 0 Å². The minimum absolute atomic E-state index is 0.106. The fourth-order valence-electron chi connectivity index (χ4n) is 3.65. The molecule has 0 bridgehead atoms. The van der Waals surface area contributed by atoms with Crippen LogP contribution in [0.15, 0.2) is 89.6 Å². The molecular weight excluding hydrogens is 482 g/mol. The maximum Gasteiger partial charge on any atom is 0.337 e. The third kappa shape index (κ3) is 5.29. The summed E-state index contributed by atoms with van der Waals surface area (Å²) in [6, 6.07) is 22.2. The van der Waals surface area contributed by atoms with Crippen LogP contribution in [0.1, 0.15) is 26.3 Å². The van der Waals surface area contributed by atoms with Crippen molar-refractivity contribution in [3.63, 3.8) is 0 Å². The molecule has 182 valence electrons. The summed E-state index contributed by atoms with van der Waals surface area (Å²) in [6.45, 7) is 0.495. The van der Waals surface area contributed by atoms with Crippen molar-refractivity contribution in [1.29, 1.82) is 0 Å². The van der Waals surface area contributed by atoms with E-state index in [0.29, 0.717) is 24.2 Å². The van der Waals surface area contributed by atoms with Crippen LogP contribution in [-0.4, -0.2) is 37.3 Å². The Morgan fingerprint density at radius 2 is 1.61 bits per heavy atom. The van der Waals surface area contributed by atoms with Crippen molar-refractivity contribution in [1.82, 2.24) is 5.32 Å². The summed E-state index contributed by atoms with van der Waals surface area (Å²) in [5.74, 6) is -2.22. The number of hydrogen-bond donors (Lipinski definition) is 2. The number of nitrogens with zero attached hydrogens (tertiary/aromatic N) is 1. The van der Waals surface area contributed by atoms with Crippen LogP contribution < -0.4 is 15.5 Å². The Morgan fingerprint density at radius 1 is 0.889 bits per heavy atom. The molecule has 36 heavy (non-hydrogen) atoms. The summed E-state index contributed by atoms with van der Waals surface area (Å²) in [6.07, 6.45) is 0.716. The summed E-state index contributed by atoms with van der Waals surface area (Å²) in [4.78, 5) is 50.9. The monoisotopic (exact) mass is 503 g/mol. The largest absolute Gasteiger partial charge is 0.465 e. The minimum atomic E-state index is -0.722. The van der Waals surface area contributed by atoms with Gasteiger partial charge in [0.25, 0.3) is 17.7 Å². The predicted molar refractivity (Wildman–Crippen MR) is 136 cm³/mol. The summed E-state index contributed by atoms with van der Waals surface area (Å²) in [5, 5.41) is 5.45. The second-order valence-corrected chi connectivity index (χ2v) is 8.25. The Bertz CT molecular complexity index is 1350. The number of imide groups is 1. The highest BCUT2D eigenvalue weighted by Gasteiger charge is 2.39. The number of esters is 1. The van der Waals surface area contributed by atoms with Crippen LogP contribution in [0.4, 0.5) is 11.4 Å². The number of amides is 3. The number of carbonyl (C=O) groups excluding carboxylic acids is 4. The van der Waals surface area contributed by atoms with E-state index >= 15 is 0 Å². The molecule has 1 aliphatic rings. The Balaban J connectivity index is 1.41. The molecule has 0 spiro atoms. The molecule has 0 radical (unpaired) electrons. The van der Waals surface area contributed by atoms with E-state index in [1.807, 2.05) is 30.3 Å². The van der Waals surface area contributed by atoms with Gasteiger partial charge in [-0.05, 0) is 54.4 Å². The Hall–Kier alpha value is -4.43. The zero-order valence-electron chi connectivity index (χ0n) is 19.3. The molecule has 0 saturated carbocycles. The average molecular weight is 504 g/mol. The number of benzene rings is 3. The maximum absolute atomic E-state index is 13.0. The Kier molecular flexibility index (Phi) is 7.46. The van der Waals surface area contributed by atoms with Gasteiger partial charge in [0.1, 0.15) is 10.7 Å². The second kappa shape index (κ2) is 10.9. The van der Waals surface area contributed by atoms with Crippen LogP contribution in [0, 0.1) is 0 Å². The first-order chi connectivity index (χ1) is 17.4. The molecule has 1 aliphatic heterocycles. The number of rotatable bonds is 8. The first-order valence-electron chi connectivity index (χ1n) is 11.0. The van der Waals surface area contributed by atoms with Gasteiger partial charge in [-0.3, -0.25) is 14.4 Å². The van der Waals surface area contributed by atoms with E-state index in [4.69, 9.17) is 16.3 Å². The summed E-state index contributed by atoms with van der Waals surface area (Å²) in [7, 11) is 1.24. The van der Waals surface area contributed by atoms with Crippen molar-refractivity contribution in [3.8, 4) is 0 Å². The summed E-state index contributed by atoms with van der Waals surface area (Å²) >= 11 is 6.19. The van der Waals surface area contributed by atoms with Gasteiger partial charge in [0.15, 0.2) is 0 Å². The maximum atomic E-state index is 13.0. The van der Waals surface area contributed by atoms with Crippen molar-refractivity contribution in [3.05, 3.63) is 106 Å². The molecule has 0 aromatic heterocycles. The van der Waals surface area contributed by atoms with Gasteiger partial charge in [0.2, 0.25) is 0 Å². The molecule has 0 aliphatic carbocycles. The van der Waals surface area contributed by atoms with E-state index in [1.54, 1.807) is 24.3 Å². The molecule has 0 unspecified atom stereocenters. The molecular formula is C27H22ClN3O5. The molecule has 0 saturated heterocycles. The van der Waals surface area contributed by atoms with Crippen LogP contribution in [-0.2, 0) is 20.7 Å². The normalized spacial score (nSPS) is 13.1. The Labute approximate surface area is 212 Å². The minimum Gasteiger partial charge on any atom is -0.465 e. The lowest BCUT2D eigenvalue weighted by Gasteiger charge is -2.16. The molecule has 0 fully saturated rings. The fourth-order valence-corrected chi connectivity index (χ4v) is 3.86. The summed E-state index contributed by atoms with van der Waals surface area (Å²) < 4.78 is 4.69. The van der Waals surface area contributed by atoms with Gasteiger partial charge in [-0.25, -0.2) is 9.69 Å². The quantitative estimate of drug-likeness (QED) is 0.357. The van der Waals surface area contributed by atoms with Crippen molar-refractivity contribution in [2.75, 3.05) is 23.9 Å². The number of nitrogens with one attached hydrogen (secondary N) is 2. The third-order valence-corrected chi connectivity index (χ3v) is 5.86. The lowest BCUT2D eigenvalue weighted by molar-refractivity contribution is -0.120. The van der Waals surface area contributed by atoms with Gasteiger partial charge in [0, 0.05) is 17.8 Å². The van der Waals surface area contributed by atoms with E-state index in [9.17, 15) is 19.2 Å². The SMILES string of the molecule is COC(=O)c1cccc(N2C(=O)C(Cl)=C(Nc3ccc(C(=O)NCCc4ccccc4)cc3)C2=O)c1. The smallest absolute Gasteiger partial charge is 0.337 e. The molecule has 2 N–H and O–H groups in total.